The Bertz CT molecular complexity index is 1360. The van der Waals surface area contributed by atoms with Crippen molar-refractivity contribution in [1.82, 2.24) is 19.6 Å². The largest absolute Gasteiger partial charge is 0.455 e. The zero-order chi connectivity index (χ0) is 27.7. The van der Waals surface area contributed by atoms with Crippen LogP contribution >= 0.6 is 0 Å². The predicted octanol–water partition coefficient (Wildman–Crippen LogP) is 5.57. The molecular formula is C24H23F6N5O3. The van der Waals surface area contributed by atoms with E-state index in [0.717, 1.165) is 61.8 Å². The number of alkyl halides is 6. The number of ether oxygens (including phenoxy) is 1. The number of aromatic nitrogens is 4. The fraction of sp³-hybridized carbons (Fsp3) is 0.417. The first kappa shape index (κ1) is 27.2. The summed E-state index contributed by atoms with van der Waals surface area (Å²) in [6, 6.07) is 4.83. The number of carbonyl (C=O) groups excluding carboxylic acids is 1. The van der Waals surface area contributed by atoms with Gasteiger partial charge in [-0.2, -0.15) is 36.5 Å². The molecule has 1 unspecified atom stereocenters. The molecule has 3 aromatic rings. The number of hydrogen-bond donors (Lipinski definition) is 1. The van der Waals surface area contributed by atoms with E-state index >= 15 is 0 Å². The minimum atomic E-state index is -4.69. The normalized spacial score (nSPS) is 15.4. The molecule has 2 aromatic heterocycles. The van der Waals surface area contributed by atoms with Crippen molar-refractivity contribution in [3.05, 3.63) is 64.2 Å². The van der Waals surface area contributed by atoms with Crippen molar-refractivity contribution in [2.24, 2.45) is 13.0 Å². The summed E-state index contributed by atoms with van der Waals surface area (Å²) in [4.78, 5) is 26.1. The van der Waals surface area contributed by atoms with Gasteiger partial charge in [0.1, 0.15) is 17.5 Å². The van der Waals surface area contributed by atoms with Gasteiger partial charge in [-0.1, -0.05) is 37.8 Å². The Morgan fingerprint density at radius 3 is 2.39 bits per heavy atom. The van der Waals surface area contributed by atoms with Crippen molar-refractivity contribution in [3.8, 4) is 11.5 Å². The highest BCUT2D eigenvalue weighted by Gasteiger charge is 2.36. The molecule has 1 atom stereocenters. The first-order chi connectivity index (χ1) is 17.8. The Kier molecular flexibility index (Phi) is 7.51. The molecule has 1 aromatic carbocycles. The Hall–Kier alpha value is -3.84. The minimum Gasteiger partial charge on any atom is -0.455 e. The fourth-order valence-corrected chi connectivity index (χ4v) is 4.49. The second kappa shape index (κ2) is 10.5. The molecule has 8 nitrogen and oxygen atoms in total. The fourth-order valence-electron chi connectivity index (χ4n) is 4.49. The van der Waals surface area contributed by atoms with Crippen LogP contribution in [0.5, 0.6) is 11.5 Å². The van der Waals surface area contributed by atoms with Crippen molar-refractivity contribution in [2.75, 3.05) is 5.32 Å². The third-order valence-electron chi connectivity index (χ3n) is 6.27. The van der Waals surface area contributed by atoms with E-state index in [4.69, 9.17) is 4.74 Å². The third-order valence-corrected chi connectivity index (χ3v) is 6.27. The average molecular weight is 543 g/mol. The lowest BCUT2D eigenvalue weighted by atomic mass is 9.98. The van der Waals surface area contributed by atoms with Gasteiger partial charge in [0.15, 0.2) is 11.6 Å². The van der Waals surface area contributed by atoms with Gasteiger partial charge in [0.2, 0.25) is 0 Å². The van der Waals surface area contributed by atoms with Gasteiger partial charge in [0.25, 0.3) is 11.5 Å². The van der Waals surface area contributed by atoms with Crippen molar-refractivity contribution in [3.63, 3.8) is 0 Å². The Morgan fingerprint density at radius 2 is 1.79 bits per heavy atom. The summed E-state index contributed by atoms with van der Waals surface area (Å²) in [5.74, 6) is -1.88. The van der Waals surface area contributed by atoms with E-state index < -0.39 is 46.9 Å². The van der Waals surface area contributed by atoms with Gasteiger partial charge >= 0.3 is 12.4 Å². The molecular weight excluding hydrogens is 520 g/mol. The van der Waals surface area contributed by atoms with E-state index in [1.165, 1.54) is 12.1 Å². The number of halogens is 6. The number of nitrogens with zero attached hydrogens (tertiary/aromatic N) is 4. The molecule has 0 aliphatic heterocycles. The number of nitrogens with one attached hydrogen (secondary N) is 1. The molecule has 38 heavy (non-hydrogen) atoms. The first-order valence-corrected chi connectivity index (χ1v) is 11.7. The number of anilines is 1. The van der Waals surface area contributed by atoms with E-state index in [9.17, 15) is 35.9 Å². The molecule has 0 bridgehead atoms. The standard InChI is InChI=1S/C24H23F6N5O3/c1-34-19(24(28,29)30)12-20(33-34)32-22(37)17(10-14-6-2-3-7-14)35-21(36)11-15(13-31-35)38-18-9-5-4-8-16(18)23(25,26)27/h4-5,8-9,11-14,17H,2-3,6-7,10H2,1H3,(H,32,33,37). The molecule has 0 saturated heterocycles. The van der Waals surface area contributed by atoms with Crippen molar-refractivity contribution in [2.45, 2.75) is 50.5 Å². The lowest BCUT2D eigenvalue weighted by molar-refractivity contribution is -0.143. The van der Waals surface area contributed by atoms with Crippen molar-refractivity contribution < 1.29 is 35.9 Å². The molecule has 2 heterocycles. The highest BCUT2D eigenvalue weighted by atomic mass is 19.4. The predicted molar refractivity (Wildman–Crippen MR) is 122 cm³/mol. The second-order valence-electron chi connectivity index (χ2n) is 9.00. The van der Waals surface area contributed by atoms with Gasteiger partial charge in [-0.25, -0.2) is 4.68 Å². The van der Waals surface area contributed by atoms with Crippen LogP contribution in [0.25, 0.3) is 0 Å². The highest BCUT2D eigenvalue weighted by Crippen LogP contribution is 2.38. The summed E-state index contributed by atoms with van der Waals surface area (Å²) in [7, 11) is 1.08. The molecule has 1 N–H and O–H groups in total. The number of hydrogen-bond acceptors (Lipinski definition) is 5. The molecule has 1 saturated carbocycles. The van der Waals surface area contributed by atoms with Crippen LogP contribution in [-0.4, -0.2) is 25.5 Å². The third kappa shape index (κ3) is 6.17. The molecule has 1 amide bonds. The summed E-state index contributed by atoms with van der Waals surface area (Å²) >= 11 is 0. The van der Waals surface area contributed by atoms with Crippen LogP contribution in [0.15, 0.2) is 47.4 Å². The van der Waals surface area contributed by atoms with Crippen LogP contribution in [0.3, 0.4) is 0 Å². The zero-order valence-corrected chi connectivity index (χ0v) is 20.0. The highest BCUT2D eigenvalue weighted by molar-refractivity contribution is 5.92. The van der Waals surface area contributed by atoms with E-state index in [1.54, 1.807) is 0 Å². The van der Waals surface area contributed by atoms with Crippen LogP contribution in [0.2, 0.25) is 0 Å². The Morgan fingerprint density at radius 1 is 1.11 bits per heavy atom. The van der Waals surface area contributed by atoms with Crippen LogP contribution in [0, 0.1) is 5.92 Å². The van der Waals surface area contributed by atoms with Gasteiger partial charge in [-0.3, -0.25) is 14.3 Å². The number of carbonyl (C=O) groups is 1. The van der Waals surface area contributed by atoms with E-state index in [1.807, 2.05) is 0 Å². The lowest BCUT2D eigenvalue weighted by Crippen LogP contribution is -2.36. The number of benzene rings is 1. The summed E-state index contributed by atoms with van der Waals surface area (Å²) in [6.45, 7) is 0. The molecule has 0 spiro atoms. The smallest absolute Gasteiger partial charge is 0.433 e. The Balaban J connectivity index is 1.61. The van der Waals surface area contributed by atoms with Crippen LogP contribution in [0.1, 0.15) is 49.4 Å². The SMILES string of the molecule is Cn1nc(NC(=O)C(CC2CCCC2)n2ncc(Oc3ccccc3C(F)(F)F)cc2=O)cc1C(F)(F)F. The molecule has 14 heteroatoms. The maximum absolute atomic E-state index is 13.3. The molecule has 0 radical (unpaired) electrons. The minimum absolute atomic E-state index is 0.0727. The van der Waals surface area contributed by atoms with Gasteiger partial charge in [0, 0.05) is 19.2 Å². The van der Waals surface area contributed by atoms with E-state index in [-0.39, 0.29) is 23.9 Å². The number of aryl methyl sites for hydroxylation is 1. The van der Waals surface area contributed by atoms with Gasteiger partial charge in [-0.05, 0) is 24.5 Å². The summed E-state index contributed by atoms with van der Waals surface area (Å²) in [5, 5.41) is 9.97. The first-order valence-electron chi connectivity index (χ1n) is 11.7. The molecule has 1 fully saturated rings. The summed E-state index contributed by atoms with van der Waals surface area (Å²) < 4.78 is 85.9. The monoisotopic (exact) mass is 543 g/mol. The molecule has 4 rings (SSSR count). The summed E-state index contributed by atoms with van der Waals surface area (Å²) in [6.07, 6.45) is -4.72. The van der Waals surface area contributed by atoms with Crippen LogP contribution < -0.4 is 15.6 Å². The average Bonchev–Trinajstić information content (AvgIpc) is 3.47. The second-order valence-corrected chi connectivity index (χ2v) is 9.00. The lowest BCUT2D eigenvalue weighted by Gasteiger charge is -2.21. The number of para-hydroxylation sites is 1. The number of rotatable bonds is 7. The maximum atomic E-state index is 13.3. The van der Waals surface area contributed by atoms with Crippen LogP contribution in [-0.2, 0) is 24.2 Å². The van der Waals surface area contributed by atoms with E-state index in [0.29, 0.717) is 10.7 Å². The Labute approximate surface area is 212 Å². The summed E-state index contributed by atoms with van der Waals surface area (Å²) in [5.41, 5.74) is -2.95. The van der Waals surface area contributed by atoms with Crippen molar-refractivity contribution >= 4 is 11.7 Å². The van der Waals surface area contributed by atoms with Crippen LogP contribution in [0.4, 0.5) is 32.2 Å². The number of amides is 1. The van der Waals surface area contributed by atoms with Gasteiger partial charge < -0.3 is 10.1 Å². The molecule has 1 aliphatic rings. The van der Waals surface area contributed by atoms with Crippen molar-refractivity contribution in [1.29, 1.82) is 0 Å². The zero-order valence-electron chi connectivity index (χ0n) is 20.0. The quantitative estimate of drug-likeness (QED) is 0.394. The topological polar surface area (TPSA) is 91.0 Å². The van der Waals surface area contributed by atoms with Gasteiger partial charge in [0.05, 0.1) is 11.8 Å². The van der Waals surface area contributed by atoms with Gasteiger partial charge in [-0.15, -0.1) is 0 Å². The van der Waals surface area contributed by atoms with E-state index in [2.05, 4.69) is 15.5 Å². The molecule has 204 valence electrons. The maximum Gasteiger partial charge on any atom is 0.433 e. The molecule has 1 aliphatic carbocycles.